The zero-order chi connectivity index (χ0) is 29.2. The van der Waals surface area contributed by atoms with E-state index in [2.05, 4.69) is 40.2 Å². The molecule has 2 amide bonds. The molecule has 0 saturated carbocycles. The number of amides is 2. The van der Waals surface area contributed by atoms with E-state index < -0.39 is 5.60 Å². The Hall–Kier alpha value is -2.54. The minimum atomic E-state index is -0.486. The normalized spacial score (nSPS) is 21.6. The van der Waals surface area contributed by atoms with Gasteiger partial charge in [-0.3, -0.25) is 4.79 Å². The van der Waals surface area contributed by atoms with Gasteiger partial charge in [0.25, 0.3) is 0 Å². The van der Waals surface area contributed by atoms with Gasteiger partial charge in [-0.2, -0.15) is 0 Å². The van der Waals surface area contributed by atoms with Gasteiger partial charge in [0.2, 0.25) is 5.91 Å². The molecular weight excluding hydrogens is 514 g/mol. The van der Waals surface area contributed by atoms with Crippen LogP contribution in [-0.4, -0.2) is 72.8 Å². The van der Waals surface area contributed by atoms with Crippen LogP contribution in [0.3, 0.4) is 0 Å². The number of hydrogen-bond donors (Lipinski definition) is 1. The molecule has 2 saturated heterocycles. The molecule has 1 N–H and O–H groups in total. The Morgan fingerprint density at radius 1 is 1.00 bits per heavy atom. The number of allylic oxidation sites excluding steroid dienone is 2. The van der Waals surface area contributed by atoms with Gasteiger partial charge in [0.05, 0.1) is 6.61 Å². The molecule has 0 bridgehead atoms. The Labute approximate surface area is 248 Å². The van der Waals surface area contributed by atoms with Crippen molar-refractivity contribution in [1.82, 2.24) is 15.1 Å². The summed E-state index contributed by atoms with van der Waals surface area (Å²) in [4.78, 5) is 30.0. The number of ether oxygens (including phenoxy) is 2. The summed E-state index contributed by atoms with van der Waals surface area (Å²) in [5, 5.41) is 2.84. The number of rotatable bonds is 10. The van der Waals surface area contributed by atoms with Crippen molar-refractivity contribution in [1.29, 1.82) is 0 Å². The van der Waals surface area contributed by atoms with Crippen LogP contribution in [0.5, 0.6) is 5.75 Å². The second-order valence-electron chi connectivity index (χ2n) is 13.2. The van der Waals surface area contributed by atoms with E-state index in [0.29, 0.717) is 31.0 Å². The molecule has 7 nitrogen and oxygen atoms in total. The molecule has 2 fully saturated rings. The van der Waals surface area contributed by atoms with Crippen molar-refractivity contribution in [3.8, 4) is 5.75 Å². The topological polar surface area (TPSA) is 71.1 Å². The van der Waals surface area contributed by atoms with Gasteiger partial charge in [-0.15, -0.1) is 0 Å². The monoisotopic (exact) mass is 567 g/mol. The number of alkyl carbamates (subject to hydrolysis) is 1. The third-order valence-electron chi connectivity index (χ3n) is 8.95. The highest BCUT2D eigenvalue weighted by atomic mass is 16.6. The summed E-state index contributed by atoms with van der Waals surface area (Å²) in [5.41, 5.74) is 2.07. The summed E-state index contributed by atoms with van der Waals surface area (Å²) in [6, 6.07) is 9.05. The first-order valence-corrected chi connectivity index (χ1v) is 16.1. The maximum atomic E-state index is 13.3. The SMILES string of the molecule is CCC(CCNC(=O)OC(C)(C)C)COc1ccc(C2=CCC(C(=O)N3CCC(N4CCCCC4)CC3)CC2)cc1. The fraction of sp³-hybridized carbons (Fsp3) is 0.706. The molecule has 41 heavy (non-hydrogen) atoms. The Kier molecular flexibility index (Phi) is 11.5. The highest BCUT2D eigenvalue weighted by Gasteiger charge is 2.31. The number of hydrogen-bond acceptors (Lipinski definition) is 5. The van der Waals surface area contributed by atoms with Crippen molar-refractivity contribution in [3.63, 3.8) is 0 Å². The lowest BCUT2D eigenvalue weighted by Gasteiger charge is -2.41. The molecule has 0 radical (unpaired) electrons. The van der Waals surface area contributed by atoms with Crippen molar-refractivity contribution < 1.29 is 19.1 Å². The number of piperidine rings is 2. The second kappa shape index (κ2) is 15.1. The number of nitrogens with zero attached hydrogens (tertiary/aromatic N) is 2. The highest BCUT2D eigenvalue weighted by molar-refractivity contribution is 5.81. The molecule has 1 aromatic rings. The lowest BCUT2D eigenvalue weighted by atomic mass is 9.85. The van der Waals surface area contributed by atoms with Gasteiger partial charge in [-0.05, 0) is 121 Å². The Morgan fingerprint density at radius 2 is 1.71 bits per heavy atom. The van der Waals surface area contributed by atoms with Crippen LogP contribution in [0, 0.1) is 11.8 Å². The van der Waals surface area contributed by atoms with E-state index in [1.807, 2.05) is 32.9 Å². The average molecular weight is 568 g/mol. The second-order valence-corrected chi connectivity index (χ2v) is 13.2. The third kappa shape index (κ3) is 9.76. The van der Waals surface area contributed by atoms with E-state index >= 15 is 0 Å². The van der Waals surface area contributed by atoms with Gasteiger partial charge in [-0.25, -0.2) is 4.79 Å². The van der Waals surface area contributed by atoms with Crippen LogP contribution in [0.25, 0.3) is 5.57 Å². The average Bonchev–Trinajstić information content (AvgIpc) is 2.98. The zero-order valence-corrected chi connectivity index (χ0v) is 26.0. The predicted octanol–water partition coefficient (Wildman–Crippen LogP) is 6.67. The maximum Gasteiger partial charge on any atom is 0.407 e. The summed E-state index contributed by atoms with van der Waals surface area (Å²) in [5.74, 6) is 1.72. The van der Waals surface area contributed by atoms with Gasteiger partial charge in [-0.1, -0.05) is 31.6 Å². The number of carbonyl (C=O) groups excluding carboxylic acids is 2. The largest absolute Gasteiger partial charge is 0.493 e. The third-order valence-corrected chi connectivity index (χ3v) is 8.95. The van der Waals surface area contributed by atoms with Crippen LogP contribution < -0.4 is 10.1 Å². The minimum absolute atomic E-state index is 0.128. The van der Waals surface area contributed by atoms with E-state index in [-0.39, 0.29) is 12.0 Å². The van der Waals surface area contributed by atoms with Crippen molar-refractivity contribution in [2.45, 2.75) is 104 Å². The molecule has 2 unspecified atom stereocenters. The Bertz CT molecular complexity index is 1000. The van der Waals surface area contributed by atoms with Crippen molar-refractivity contribution in [2.24, 2.45) is 11.8 Å². The summed E-state index contributed by atoms with van der Waals surface area (Å²) >= 11 is 0. The lowest BCUT2D eigenvalue weighted by molar-refractivity contribution is -0.137. The predicted molar refractivity (Wildman–Crippen MR) is 165 cm³/mol. The fourth-order valence-corrected chi connectivity index (χ4v) is 6.39. The van der Waals surface area contributed by atoms with Crippen LogP contribution in [0.4, 0.5) is 4.79 Å². The van der Waals surface area contributed by atoms with E-state index in [9.17, 15) is 9.59 Å². The van der Waals surface area contributed by atoms with Crippen molar-refractivity contribution in [3.05, 3.63) is 35.9 Å². The molecule has 0 aromatic heterocycles. The molecule has 4 rings (SSSR count). The van der Waals surface area contributed by atoms with Crippen LogP contribution in [0.2, 0.25) is 0 Å². The number of benzene rings is 1. The summed E-state index contributed by atoms with van der Waals surface area (Å²) in [7, 11) is 0. The number of nitrogens with one attached hydrogen (secondary N) is 1. The highest BCUT2D eigenvalue weighted by Crippen LogP contribution is 2.33. The number of carbonyl (C=O) groups is 2. The fourth-order valence-electron chi connectivity index (χ4n) is 6.39. The maximum absolute atomic E-state index is 13.3. The molecule has 228 valence electrons. The molecule has 2 atom stereocenters. The summed E-state index contributed by atoms with van der Waals surface area (Å²) in [6.07, 6.45) is 12.8. The van der Waals surface area contributed by atoms with E-state index in [0.717, 1.165) is 63.8 Å². The molecule has 2 aliphatic heterocycles. The van der Waals surface area contributed by atoms with Gasteiger partial charge in [0.1, 0.15) is 11.4 Å². The molecule has 1 aromatic carbocycles. The molecule has 3 aliphatic rings. The Morgan fingerprint density at radius 3 is 2.32 bits per heavy atom. The van der Waals surface area contributed by atoms with Crippen LogP contribution in [0.1, 0.15) is 97.5 Å². The summed E-state index contributed by atoms with van der Waals surface area (Å²) < 4.78 is 11.4. The van der Waals surface area contributed by atoms with E-state index in [4.69, 9.17) is 9.47 Å². The standard InChI is InChI=1S/C34H53N3O4/c1-5-26(17-20-35-33(39)41-34(2,3)4)25-40-31-15-13-28(14-16-31)27-9-11-29(12-10-27)32(38)37-23-18-30(19-24-37)36-21-7-6-8-22-36/h9,13-16,26,29-30H,5-8,10-12,17-25H2,1-4H3,(H,35,39). The smallest absolute Gasteiger partial charge is 0.407 e. The van der Waals surface area contributed by atoms with Crippen LogP contribution in [0.15, 0.2) is 30.3 Å². The minimum Gasteiger partial charge on any atom is -0.493 e. The van der Waals surface area contributed by atoms with Gasteiger partial charge in [0, 0.05) is 31.6 Å². The molecule has 7 heteroatoms. The molecule has 2 heterocycles. The lowest BCUT2D eigenvalue weighted by Crippen LogP contribution is -2.49. The van der Waals surface area contributed by atoms with Crippen LogP contribution in [-0.2, 0) is 9.53 Å². The summed E-state index contributed by atoms with van der Waals surface area (Å²) in [6.45, 7) is 13.3. The Balaban J connectivity index is 1.17. The van der Waals surface area contributed by atoms with Crippen molar-refractivity contribution >= 4 is 17.6 Å². The quantitative estimate of drug-likeness (QED) is 0.342. The van der Waals surface area contributed by atoms with E-state index in [1.165, 1.54) is 43.5 Å². The van der Waals surface area contributed by atoms with Gasteiger partial charge in [0.15, 0.2) is 0 Å². The first-order valence-electron chi connectivity index (χ1n) is 16.1. The van der Waals surface area contributed by atoms with Crippen LogP contribution >= 0.6 is 0 Å². The molecule has 1 aliphatic carbocycles. The molecule has 0 spiro atoms. The van der Waals surface area contributed by atoms with Gasteiger partial charge >= 0.3 is 6.09 Å². The zero-order valence-electron chi connectivity index (χ0n) is 26.0. The molecular formula is C34H53N3O4. The number of likely N-dealkylation sites (tertiary alicyclic amines) is 2. The van der Waals surface area contributed by atoms with E-state index in [1.54, 1.807) is 0 Å². The van der Waals surface area contributed by atoms with Gasteiger partial charge < -0.3 is 24.6 Å². The first kappa shape index (κ1) is 31.4. The van der Waals surface area contributed by atoms with Crippen molar-refractivity contribution in [2.75, 3.05) is 39.3 Å². The first-order chi connectivity index (χ1) is 19.7.